The average molecular weight is 318 g/mol. The highest BCUT2D eigenvalue weighted by atomic mass is 79.9. The van der Waals surface area contributed by atoms with Crippen LogP contribution in [0, 0.1) is 0 Å². The number of hydrogen-bond donors (Lipinski definition) is 1. The van der Waals surface area contributed by atoms with Gasteiger partial charge in [0, 0.05) is 6.54 Å². The number of halogens is 1. The van der Waals surface area contributed by atoms with Crippen molar-refractivity contribution < 1.29 is 14.3 Å². The van der Waals surface area contributed by atoms with Gasteiger partial charge in [-0.25, -0.2) is 0 Å². The minimum atomic E-state index is 0.368. The summed E-state index contributed by atoms with van der Waals surface area (Å²) in [6.07, 6.45) is 0. The second-order valence-electron chi connectivity index (χ2n) is 4.18. The van der Waals surface area contributed by atoms with Gasteiger partial charge in [0.25, 0.3) is 0 Å². The monoisotopic (exact) mass is 317 g/mol. The van der Waals surface area contributed by atoms with Gasteiger partial charge in [-0.2, -0.15) is 5.48 Å². The van der Waals surface area contributed by atoms with Gasteiger partial charge in [-0.3, -0.25) is 0 Å². The Morgan fingerprint density at radius 1 is 1.22 bits per heavy atom. The predicted molar refractivity (Wildman–Crippen MR) is 75.2 cm³/mol. The van der Waals surface area contributed by atoms with Crippen LogP contribution in [-0.4, -0.2) is 21.3 Å². The Bertz CT molecular complexity index is 408. The molecule has 0 heterocycles. The van der Waals surface area contributed by atoms with E-state index < -0.39 is 0 Å². The number of ether oxygens (including phenoxy) is 2. The minimum absolute atomic E-state index is 0.368. The molecule has 0 atom stereocenters. The fourth-order valence-electron chi connectivity index (χ4n) is 1.94. The summed E-state index contributed by atoms with van der Waals surface area (Å²) in [4.78, 5) is 4.91. The van der Waals surface area contributed by atoms with Gasteiger partial charge in [0.2, 0.25) is 0 Å². The van der Waals surface area contributed by atoms with Crippen LogP contribution >= 0.6 is 15.9 Å². The fraction of sp³-hybridized carbons (Fsp3) is 0.538. The lowest BCUT2D eigenvalue weighted by molar-refractivity contribution is 0.0864. The highest BCUT2D eigenvalue weighted by Crippen LogP contribution is 2.42. The quantitative estimate of drug-likeness (QED) is 0.818. The molecule has 0 aliphatic carbocycles. The largest absolute Gasteiger partial charge is 0.493 e. The Balaban J connectivity index is 3.34. The summed E-state index contributed by atoms with van der Waals surface area (Å²) in [5.74, 6) is 1.80. The molecule has 1 aromatic rings. The van der Waals surface area contributed by atoms with Crippen LogP contribution in [0.1, 0.15) is 30.9 Å². The zero-order valence-electron chi connectivity index (χ0n) is 11.5. The van der Waals surface area contributed by atoms with E-state index in [2.05, 4.69) is 35.3 Å². The second-order valence-corrected chi connectivity index (χ2v) is 4.97. The maximum absolute atomic E-state index is 5.39. The van der Waals surface area contributed by atoms with Gasteiger partial charge >= 0.3 is 0 Å². The van der Waals surface area contributed by atoms with Crippen molar-refractivity contribution in [3.05, 3.63) is 21.7 Å². The molecule has 0 aliphatic rings. The van der Waals surface area contributed by atoms with Crippen molar-refractivity contribution in [2.45, 2.75) is 26.3 Å². The van der Waals surface area contributed by atoms with Gasteiger partial charge in [0.15, 0.2) is 11.5 Å². The molecule has 0 spiro atoms. The van der Waals surface area contributed by atoms with E-state index in [-0.39, 0.29) is 0 Å². The molecule has 0 aliphatic heterocycles. The summed E-state index contributed by atoms with van der Waals surface area (Å²) in [6, 6.07) is 1.98. The van der Waals surface area contributed by atoms with Crippen molar-refractivity contribution >= 4 is 15.9 Å². The molecule has 0 bridgehead atoms. The van der Waals surface area contributed by atoms with E-state index in [1.807, 2.05) is 6.07 Å². The molecule has 0 aromatic heterocycles. The van der Waals surface area contributed by atoms with E-state index in [1.165, 1.54) is 5.56 Å². The van der Waals surface area contributed by atoms with Crippen LogP contribution in [-0.2, 0) is 11.4 Å². The Kier molecular flexibility index (Phi) is 5.91. The van der Waals surface area contributed by atoms with Gasteiger partial charge in [0.1, 0.15) is 0 Å². The number of methoxy groups -OCH3 is 2. The van der Waals surface area contributed by atoms with Crippen LogP contribution in [0.25, 0.3) is 0 Å². The second kappa shape index (κ2) is 6.97. The summed E-state index contributed by atoms with van der Waals surface area (Å²) >= 11 is 3.60. The molecule has 1 N–H and O–H groups in total. The number of rotatable bonds is 6. The first-order valence-electron chi connectivity index (χ1n) is 5.75. The van der Waals surface area contributed by atoms with Crippen LogP contribution in [0.5, 0.6) is 11.5 Å². The number of nitrogens with one attached hydrogen (secondary N) is 1. The molecule has 0 saturated heterocycles. The van der Waals surface area contributed by atoms with Crippen molar-refractivity contribution in [2.75, 3.05) is 21.3 Å². The number of hydroxylamine groups is 1. The molecule has 5 heteroatoms. The summed E-state index contributed by atoms with van der Waals surface area (Å²) in [5, 5.41) is 0. The normalized spacial score (nSPS) is 10.8. The maximum Gasteiger partial charge on any atom is 0.175 e. The molecular weight excluding hydrogens is 298 g/mol. The minimum Gasteiger partial charge on any atom is -0.493 e. The van der Waals surface area contributed by atoms with Crippen LogP contribution < -0.4 is 15.0 Å². The first-order valence-corrected chi connectivity index (χ1v) is 6.55. The molecule has 102 valence electrons. The third kappa shape index (κ3) is 3.16. The zero-order valence-corrected chi connectivity index (χ0v) is 13.1. The van der Waals surface area contributed by atoms with Crippen molar-refractivity contribution in [3.63, 3.8) is 0 Å². The predicted octanol–water partition coefficient (Wildman–Crippen LogP) is 3.24. The SMILES string of the molecule is CONCc1cc(OC)c(OC)c(Br)c1C(C)C. The third-order valence-electron chi connectivity index (χ3n) is 2.72. The topological polar surface area (TPSA) is 39.7 Å². The standard InChI is InChI=1S/C13H20BrNO3/c1-8(2)11-9(7-15-18-5)6-10(16-3)13(17-4)12(11)14/h6,8,15H,7H2,1-5H3. The van der Waals surface area contributed by atoms with Crippen molar-refractivity contribution in [1.29, 1.82) is 0 Å². The molecule has 1 aromatic carbocycles. The average Bonchev–Trinajstić information content (AvgIpc) is 2.34. The van der Waals surface area contributed by atoms with E-state index in [9.17, 15) is 0 Å². The van der Waals surface area contributed by atoms with E-state index in [1.54, 1.807) is 21.3 Å². The maximum atomic E-state index is 5.39. The zero-order chi connectivity index (χ0) is 13.7. The van der Waals surface area contributed by atoms with Gasteiger partial charge < -0.3 is 14.3 Å². The molecule has 0 fully saturated rings. The van der Waals surface area contributed by atoms with Crippen LogP contribution in [0.2, 0.25) is 0 Å². The van der Waals surface area contributed by atoms with Crippen LogP contribution in [0.15, 0.2) is 10.5 Å². The molecule has 0 saturated carbocycles. The van der Waals surface area contributed by atoms with Crippen LogP contribution in [0.3, 0.4) is 0 Å². The number of benzene rings is 1. The van der Waals surface area contributed by atoms with Crippen molar-refractivity contribution in [2.24, 2.45) is 0 Å². The highest BCUT2D eigenvalue weighted by molar-refractivity contribution is 9.10. The molecule has 0 unspecified atom stereocenters. The molecular formula is C13H20BrNO3. The molecule has 0 amide bonds. The van der Waals surface area contributed by atoms with Gasteiger partial charge in [-0.05, 0) is 39.0 Å². The van der Waals surface area contributed by atoms with Crippen molar-refractivity contribution in [1.82, 2.24) is 5.48 Å². The Morgan fingerprint density at radius 3 is 2.33 bits per heavy atom. The smallest absolute Gasteiger partial charge is 0.175 e. The molecule has 1 rings (SSSR count). The van der Waals surface area contributed by atoms with Crippen LogP contribution in [0.4, 0.5) is 0 Å². The molecule has 0 radical (unpaired) electrons. The first kappa shape index (κ1) is 15.3. The van der Waals surface area contributed by atoms with E-state index in [4.69, 9.17) is 14.3 Å². The molecule has 4 nitrogen and oxygen atoms in total. The summed E-state index contributed by atoms with van der Waals surface area (Å²) in [6.45, 7) is 4.90. The lowest BCUT2D eigenvalue weighted by Crippen LogP contribution is -2.14. The van der Waals surface area contributed by atoms with Gasteiger partial charge in [-0.15, -0.1) is 0 Å². The Hall–Kier alpha value is -0.780. The first-order chi connectivity index (χ1) is 8.56. The van der Waals surface area contributed by atoms with E-state index in [0.29, 0.717) is 18.2 Å². The summed E-state index contributed by atoms with van der Waals surface area (Å²) in [5.41, 5.74) is 5.17. The third-order valence-corrected chi connectivity index (χ3v) is 3.51. The Morgan fingerprint density at radius 2 is 1.89 bits per heavy atom. The summed E-state index contributed by atoms with van der Waals surface area (Å²) < 4.78 is 11.7. The fourth-order valence-corrected chi connectivity index (χ4v) is 3.00. The van der Waals surface area contributed by atoms with Gasteiger partial charge in [-0.1, -0.05) is 13.8 Å². The van der Waals surface area contributed by atoms with E-state index >= 15 is 0 Å². The molecule has 18 heavy (non-hydrogen) atoms. The highest BCUT2D eigenvalue weighted by Gasteiger charge is 2.19. The lowest BCUT2D eigenvalue weighted by atomic mass is 9.96. The van der Waals surface area contributed by atoms with Crippen molar-refractivity contribution in [3.8, 4) is 11.5 Å². The summed E-state index contributed by atoms with van der Waals surface area (Å²) in [7, 11) is 4.87. The Labute approximate surface area is 117 Å². The number of hydrogen-bond acceptors (Lipinski definition) is 4. The lowest BCUT2D eigenvalue weighted by Gasteiger charge is -2.20. The van der Waals surface area contributed by atoms with Gasteiger partial charge in [0.05, 0.1) is 25.8 Å². The van der Waals surface area contributed by atoms with E-state index in [0.717, 1.165) is 15.8 Å².